The number of aliphatic hydroxyl groups is 1. The van der Waals surface area contributed by atoms with Gasteiger partial charge in [0.15, 0.2) is 0 Å². The fourth-order valence-electron chi connectivity index (χ4n) is 1.76. The van der Waals surface area contributed by atoms with Gasteiger partial charge in [0.05, 0.1) is 11.7 Å². The molecule has 1 saturated heterocycles. The van der Waals surface area contributed by atoms with Gasteiger partial charge in [0, 0.05) is 19.4 Å². The molecule has 1 fully saturated rings. The smallest absolute Gasteiger partial charge is 0.0876 e. The van der Waals surface area contributed by atoms with Crippen molar-refractivity contribution in [3.05, 3.63) is 11.6 Å². The summed E-state index contributed by atoms with van der Waals surface area (Å²) in [6.45, 7) is 6.70. The zero-order valence-corrected chi connectivity index (χ0v) is 8.13. The molecule has 2 heteroatoms. The number of hydrogen-bond acceptors (Lipinski definition) is 2. The molecule has 1 heterocycles. The van der Waals surface area contributed by atoms with Crippen LogP contribution in [0.1, 0.15) is 33.6 Å². The fourth-order valence-corrected chi connectivity index (χ4v) is 1.76. The average Bonchev–Trinajstić information content (AvgIpc) is 1.82. The monoisotopic (exact) mass is 170 g/mol. The Balaban J connectivity index is 2.63. The molecule has 70 valence electrons. The van der Waals surface area contributed by atoms with Crippen molar-refractivity contribution in [3.8, 4) is 0 Å². The zero-order valence-electron chi connectivity index (χ0n) is 8.13. The highest BCUT2D eigenvalue weighted by atomic mass is 16.5. The third kappa shape index (κ3) is 2.61. The Morgan fingerprint density at radius 1 is 1.58 bits per heavy atom. The average molecular weight is 170 g/mol. The van der Waals surface area contributed by atoms with Gasteiger partial charge in [0.1, 0.15) is 0 Å². The van der Waals surface area contributed by atoms with Crippen molar-refractivity contribution in [1.29, 1.82) is 0 Å². The van der Waals surface area contributed by atoms with Crippen LogP contribution in [-0.2, 0) is 4.74 Å². The quantitative estimate of drug-likeness (QED) is 0.609. The van der Waals surface area contributed by atoms with Crippen LogP contribution in [0.2, 0.25) is 0 Å². The van der Waals surface area contributed by atoms with Crippen LogP contribution in [0.5, 0.6) is 0 Å². The number of hydrogen-bond donors (Lipinski definition) is 1. The number of allylic oxidation sites excluding steroid dienone is 1. The Hall–Kier alpha value is -0.340. The summed E-state index contributed by atoms with van der Waals surface area (Å²) in [7, 11) is 0. The normalized spacial score (nSPS) is 36.2. The summed E-state index contributed by atoms with van der Waals surface area (Å²) in [5, 5.41) is 10.1. The molecule has 0 amide bonds. The molecule has 2 atom stereocenters. The van der Waals surface area contributed by atoms with E-state index in [0.717, 1.165) is 12.8 Å². The summed E-state index contributed by atoms with van der Waals surface area (Å²) in [4.78, 5) is 0. The van der Waals surface area contributed by atoms with Gasteiger partial charge in [-0.25, -0.2) is 0 Å². The van der Waals surface area contributed by atoms with Gasteiger partial charge in [-0.3, -0.25) is 0 Å². The molecule has 1 aliphatic heterocycles. The molecule has 0 spiro atoms. The summed E-state index contributed by atoms with van der Waals surface area (Å²) in [6, 6.07) is 0. The van der Waals surface area contributed by atoms with Crippen LogP contribution in [0.25, 0.3) is 0 Å². The lowest BCUT2D eigenvalue weighted by Gasteiger charge is -2.33. The first-order chi connectivity index (χ1) is 5.52. The summed E-state index contributed by atoms with van der Waals surface area (Å²) in [5.41, 5.74) is 0.558. The summed E-state index contributed by atoms with van der Waals surface area (Å²) in [5.74, 6) is 0. The van der Waals surface area contributed by atoms with Gasteiger partial charge in [0.2, 0.25) is 0 Å². The molecule has 2 unspecified atom stereocenters. The molecular weight excluding hydrogens is 152 g/mol. The molecule has 0 bridgehead atoms. The Kier molecular flexibility index (Phi) is 2.91. The van der Waals surface area contributed by atoms with Crippen molar-refractivity contribution < 1.29 is 9.84 Å². The predicted molar refractivity (Wildman–Crippen MR) is 49.0 cm³/mol. The minimum Gasteiger partial charge on any atom is -0.386 e. The second-order valence-electron chi connectivity index (χ2n) is 3.96. The van der Waals surface area contributed by atoms with E-state index < -0.39 is 5.60 Å². The molecule has 0 aromatic rings. The van der Waals surface area contributed by atoms with E-state index in [0.29, 0.717) is 6.61 Å². The molecule has 0 aromatic carbocycles. The summed E-state index contributed by atoms with van der Waals surface area (Å²) in [6.07, 6.45) is 3.58. The Labute approximate surface area is 74.2 Å². The minimum atomic E-state index is -0.615. The topological polar surface area (TPSA) is 29.5 Å². The molecule has 0 saturated carbocycles. The fraction of sp³-hybridized carbons (Fsp3) is 0.800. The van der Waals surface area contributed by atoms with Gasteiger partial charge < -0.3 is 9.84 Å². The van der Waals surface area contributed by atoms with Crippen LogP contribution in [0.3, 0.4) is 0 Å². The first kappa shape index (κ1) is 9.75. The zero-order chi connectivity index (χ0) is 9.19. The van der Waals surface area contributed by atoms with Gasteiger partial charge in [-0.2, -0.15) is 0 Å². The Morgan fingerprint density at radius 2 is 2.25 bits per heavy atom. The molecule has 1 rings (SSSR count). The largest absolute Gasteiger partial charge is 0.386 e. The van der Waals surface area contributed by atoms with Crippen molar-refractivity contribution in [3.63, 3.8) is 0 Å². The van der Waals surface area contributed by atoms with E-state index in [2.05, 4.69) is 0 Å². The summed E-state index contributed by atoms with van der Waals surface area (Å²) < 4.78 is 5.37. The lowest BCUT2D eigenvalue weighted by molar-refractivity contribution is -0.0715. The molecular formula is C10H18O2. The SMILES string of the molecule is CC(C)=CC1(O)CCOC(C)C1. The maximum atomic E-state index is 10.1. The first-order valence-electron chi connectivity index (χ1n) is 4.52. The van der Waals surface area contributed by atoms with E-state index in [-0.39, 0.29) is 6.10 Å². The second-order valence-corrected chi connectivity index (χ2v) is 3.96. The van der Waals surface area contributed by atoms with E-state index >= 15 is 0 Å². The van der Waals surface area contributed by atoms with E-state index in [1.165, 1.54) is 5.57 Å². The van der Waals surface area contributed by atoms with Gasteiger partial charge >= 0.3 is 0 Å². The van der Waals surface area contributed by atoms with E-state index in [4.69, 9.17) is 4.74 Å². The molecule has 12 heavy (non-hydrogen) atoms. The third-order valence-electron chi connectivity index (χ3n) is 2.14. The molecule has 2 nitrogen and oxygen atoms in total. The minimum absolute atomic E-state index is 0.180. The standard InChI is InChI=1S/C10H18O2/c1-8(2)6-10(11)4-5-12-9(3)7-10/h6,9,11H,4-5,7H2,1-3H3. The van der Waals surface area contributed by atoms with Gasteiger partial charge in [-0.05, 0) is 20.8 Å². The van der Waals surface area contributed by atoms with Crippen LogP contribution in [0.4, 0.5) is 0 Å². The first-order valence-corrected chi connectivity index (χ1v) is 4.52. The molecule has 1 N–H and O–H groups in total. The van der Waals surface area contributed by atoms with E-state index in [1.54, 1.807) is 0 Å². The van der Waals surface area contributed by atoms with Gasteiger partial charge in [0.25, 0.3) is 0 Å². The van der Waals surface area contributed by atoms with Crippen LogP contribution in [-0.4, -0.2) is 23.4 Å². The van der Waals surface area contributed by atoms with Crippen molar-refractivity contribution in [2.75, 3.05) is 6.61 Å². The van der Waals surface area contributed by atoms with Crippen molar-refractivity contribution in [2.45, 2.75) is 45.3 Å². The lowest BCUT2D eigenvalue weighted by atomic mass is 9.89. The number of rotatable bonds is 1. The molecule has 0 aliphatic carbocycles. The van der Waals surface area contributed by atoms with Crippen molar-refractivity contribution in [2.24, 2.45) is 0 Å². The van der Waals surface area contributed by atoms with E-state index in [1.807, 2.05) is 26.8 Å². The number of ether oxygens (including phenoxy) is 1. The molecule has 1 aliphatic rings. The Bertz CT molecular complexity index is 182. The summed E-state index contributed by atoms with van der Waals surface area (Å²) >= 11 is 0. The molecule has 0 radical (unpaired) electrons. The second kappa shape index (κ2) is 3.58. The van der Waals surface area contributed by atoms with Crippen molar-refractivity contribution >= 4 is 0 Å². The van der Waals surface area contributed by atoms with Gasteiger partial charge in [-0.15, -0.1) is 0 Å². The van der Waals surface area contributed by atoms with Crippen LogP contribution >= 0.6 is 0 Å². The third-order valence-corrected chi connectivity index (χ3v) is 2.14. The van der Waals surface area contributed by atoms with Crippen LogP contribution in [0.15, 0.2) is 11.6 Å². The van der Waals surface area contributed by atoms with Crippen LogP contribution < -0.4 is 0 Å². The Morgan fingerprint density at radius 3 is 2.75 bits per heavy atom. The van der Waals surface area contributed by atoms with Gasteiger partial charge in [-0.1, -0.05) is 11.6 Å². The molecule has 0 aromatic heterocycles. The van der Waals surface area contributed by atoms with E-state index in [9.17, 15) is 5.11 Å². The predicted octanol–water partition coefficient (Wildman–Crippen LogP) is 1.88. The maximum Gasteiger partial charge on any atom is 0.0876 e. The highest BCUT2D eigenvalue weighted by Crippen LogP contribution is 2.26. The maximum absolute atomic E-state index is 10.1. The van der Waals surface area contributed by atoms with Crippen molar-refractivity contribution in [1.82, 2.24) is 0 Å². The lowest BCUT2D eigenvalue weighted by Crippen LogP contribution is -2.38. The van der Waals surface area contributed by atoms with Crippen LogP contribution in [0, 0.1) is 0 Å². The highest BCUT2D eigenvalue weighted by Gasteiger charge is 2.30. The highest BCUT2D eigenvalue weighted by molar-refractivity contribution is 5.08.